The fraction of sp³-hybridized carbons (Fsp3) is 0.167. The second kappa shape index (κ2) is 7.24. The lowest BCUT2D eigenvalue weighted by Crippen LogP contribution is -2.01. The van der Waals surface area contributed by atoms with Crippen LogP contribution in [0.5, 0.6) is 0 Å². The van der Waals surface area contributed by atoms with Crippen LogP contribution in [0.25, 0.3) is 11.3 Å². The molecule has 4 nitrogen and oxygen atoms in total. The monoisotopic (exact) mass is 325 g/mol. The summed E-state index contributed by atoms with van der Waals surface area (Å²) in [4.78, 5) is 0. The number of H-pyrrole nitrogens is 1. The number of hydrogen-bond donors (Lipinski definition) is 2. The Hall–Kier alpha value is -2.40. The van der Waals surface area contributed by atoms with Crippen LogP contribution in [0.2, 0.25) is 0 Å². The molecule has 0 spiro atoms. The molecule has 2 N–H and O–H groups in total. The van der Waals surface area contributed by atoms with Crippen molar-refractivity contribution >= 4 is 16.5 Å². The van der Waals surface area contributed by atoms with Gasteiger partial charge in [-0.1, -0.05) is 42.5 Å². The number of aromatic nitrogens is 2. The second-order valence-corrected chi connectivity index (χ2v) is 6.84. The van der Waals surface area contributed by atoms with E-state index in [2.05, 4.69) is 27.6 Å². The molecule has 0 saturated heterocycles. The van der Waals surface area contributed by atoms with Gasteiger partial charge in [-0.05, 0) is 23.3 Å². The number of aromatic amines is 1. The van der Waals surface area contributed by atoms with Crippen LogP contribution < -0.4 is 5.32 Å². The minimum absolute atomic E-state index is 0.580. The summed E-state index contributed by atoms with van der Waals surface area (Å²) >= 11 is 0. The molecule has 1 atom stereocenters. The normalized spacial score (nSPS) is 12.0. The van der Waals surface area contributed by atoms with Gasteiger partial charge in [0.25, 0.3) is 0 Å². The van der Waals surface area contributed by atoms with Gasteiger partial charge in [-0.2, -0.15) is 5.10 Å². The maximum atomic E-state index is 11.3. The first-order valence-electron chi connectivity index (χ1n) is 7.43. The average molecular weight is 325 g/mol. The summed E-state index contributed by atoms with van der Waals surface area (Å²) in [6.45, 7) is 0.680. The van der Waals surface area contributed by atoms with E-state index in [9.17, 15) is 4.21 Å². The molecule has 0 aliphatic heterocycles. The smallest absolute Gasteiger partial charge is 0.0700 e. The van der Waals surface area contributed by atoms with E-state index in [-0.39, 0.29) is 0 Å². The van der Waals surface area contributed by atoms with E-state index in [1.165, 1.54) is 0 Å². The van der Waals surface area contributed by atoms with Crippen molar-refractivity contribution in [1.29, 1.82) is 0 Å². The Bertz CT molecular complexity index is 799. The zero-order valence-electron chi connectivity index (χ0n) is 13.0. The summed E-state index contributed by atoms with van der Waals surface area (Å²) in [7, 11) is -0.830. The molecule has 2 aromatic carbocycles. The molecule has 0 radical (unpaired) electrons. The Balaban J connectivity index is 1.72. The lowest BCUT2D eigenvalue weighted by Gasteiger charge is -2.09. The van der Waals surface area contributed by atoms with Crippen LogP contribution in [0.3, 0.4) is 0 Å². The van der Waals surface area contributed by atoms with Gasteiger partial charge in [0.05, 0.1) is 11.9 Å². The van der Waals surface area contributed by atoms with Crippen LogP contribution in [0, 0.1) is 0 Å². The van der Waals surface area contributed by atoms with Gasteiger partial charge < -0.3 is 5.32 Å². The Morgan fingerprint density at radius 3 is 2.74 bits per heavy atom. The third-order valence-corrected chi connectivity index (χ3v) is 4.30. The summed E-state index contributed by atoms with van der Waals surface area (Å²) in [6.07, 6.45) is 3.57. The van der Waals surface area contributed by atoms with Crippen LogP contribution in [-0.4, -0.2) is 20.7 Å². The molecule has 0 fully saturated rings. The number of rotatable bonds is 6. The summed E-state index contributed by atoms with van der Waals surface area (Å²) in [5.74, 6) is 0.580. The molecule has 5 heteroatoms. The Labute approximate surface area is 138 Å². The minimum atomic E-state index is -0.830. The van der Waals surface area contributed by atoms with E-state index in [0.717, 1.165) is 28.1 Å². The molecule has 23 heavy (non-hydrogen) atoms. The van der Waals surface area contributed by atoms with Gasteiger partial charge in [0.2, 0.25) is 0 Å². The maximum absolute atomic E-state index is 11.3. The average Bonchev–Trinajstić information content (AvgIpc) is 3.02. The van der Waals surface area contributed by atoms with Crippen molar-refractivity contribution < 1.29 is 4.21 Å². The lowest BCUT2D eigenvalue weighted by molar-refractivity contribution is 0.686. The number of anilines is 1. The van der Waals surface area contributed by atoms with E-state index in [0.29, 0.717) is 12.3 Å². The van der Waals surface area contributed by atoms with E-state index in [1.807, 2.05) is 48.7 Å². The third-order valence-electron chi connectivity index (χ3n) is 3.56. The second-order valence-electron chi connectivity index (χ2n) is 5.41. The molecule has 3 aromatic rings. The van der Waals surface area contributed by atoms with Crippen LogP contribution in [0.4, 0.5) is 5.69 Å². The van der Waals surface area contributed by atoms with Crippen molar-refractivity contribution in [1.82, 2.24) is 10.2 Å². The molecule has 0 aliphatic carbocycles. The zero-order chi connectivity index (χ0) is 16.1. The fourth-order valence-corrected chi connectivity index (χ4v) is 3.15. The standard InChI is InChI=1S/C18H19N3OS/c1-23(22)13-14-6-5-9-17(10-14)19-11-16-12-20-21-18(16)15-7-3-2-4-8-15/h2-10,12,19H,11,13H2,1H3,(H,20,21)/t23-/m1/s1. The predicted molar refractivity (Wildman–Crippen MR) is 95.6 cm³/mol. The Kier molecular flexibility index (Phi) is 4.88. The van der Waals surface area contributed by atoms with Gasteiger partial charge in [0.1, 0.15) is 0 Å². The SMILES string of the molecule is C[S@@](=O)Cc1cccc(NCc2cn[nH]c2-c2ccccc2)c1. The van der Waals surface area contributed by atoms with Crippen LogP contribution in [-0.2, 0) is 23.1 Å². The molecule has 1 aromatic heterocycles. The zero-order valence-corrected chi connectivity index (χ0v) is 13.8. The van der Waals surface area contributed by atoms with Crippen molar-refractivity contribution in [3.63, 3.8) is 0 Å². The summed E-state index contributed by atoms with van der Waals surface area (Å²) in [5, 5.41) is 10.6. The van der Waals surface area contributed by atoms with Gasteiger partial charge in [-0.3, -0.25) is 9.31 Å². The van der Waals surface area contributed by atoms with Crippen molar-refractivity contribution in [3.8, 4) is 11.3 Å². The number of nitrogens with zero attached hydrogens (tertiary/aromatic N) is 1. The van der Waals surface area contributed by atoms with E-state index < -0.39 is 10.8 Å². The largest absolute Gasteiger partial charge is 0.381 e. The predicted octanol–water partition coefficient (Wildman–Crippen LogP) is 3.57. The van der Waals surface area contributed by atoms with E-state index in [1.54, 1.807) is 6.26 Å². The first-order chi connectivity index (χ1) is 11.2. The van der Waals surface area contributed by atoms with E-state index >= 15 is 0 Å². The van der Waals surface area contributed by atoms with Gasteiger partial charge in [0, 0.05) is 40.6 Å². The summed E-state index contributed by atoms with van der Waals surface area (Å²) in [6, 6.07) is 18.2. The Morgan fingerprint density at radius 1 is 1.13 bits per heavy atom. The number of hydrogen-bond acceptors (Lipinski definition) is 3. The highest BCUT2D eigenvalue weighted by atomic mass is 32.2. The molecule has 1 heterocycles. The summed E-state index contributed by atoms with van der Waals surface area (Å²) < 4.78 is 11.3. The molecule has 118 valence electrons. The fourth-order valence-electron chi connectivity index (χ4n) is 2.50. The molecular weight excluding hydrogens is 306 g/mol. The first-order valence-corrected chi connectivity index (χ1v) is 9.15. The van der Waals surface area contributed by atoms with Crippen molar-refractivity contribution in [2.75, 3.05) is 11.6 Å². The van der Waals surface area contributed by atoms with Crippen LogP contribution in [0.1, 0.15) is 11.1 Å². The highest BCUT2D eigenvalue weighted by molar-refractivity contribution is 7.83. The molecule has 0 saturated carbocycles. The first kappa shape index (κ1) is 15.5. The molecule has 0 aliphatic rings. The molecule has 0 unspecified atom stereocenters. The molecular formula is C18H19N3OS. The summed E-state index contributed by atoms with van der Waals surface area (Å²) in [5.41, 5.74) is 5.36. The highest BCUT2D eigenvalue weighted by Crippen LogP contribution is 2.22. The topological polar surface area (TPSA) is 57.8 Å². The van der Waals surface area contributed by atoms with Crippen molar-refractivity contribution in [3.05, 3.63) is 71.9 Å². The Morgan fingerprint density at radius 2 is 1.96 bits per heavy atom. The van der Waals surface area contributed by atoms with E-state index in [4.69, 9.17) is 0 Å². The third kappa shape index (κ3) is 4.07. The molecule has 0 bridgehead atoms. The number of nitrogens with one attached hydrogen (secondary N) is 2. The highest BCUT2D eigenvalue weighted by Gasteiger charge is 2.07. The number of benzene rings is 2. The van der Waals surface area contributed by atoms with Crippen molar-refractivity contribution in [2.45, 2.75) is 12.3 Å². The quantitative estimate of drug-likeness (QED) is 0.728. The van der Waals surface area contributed by atoms with Gasteiger partial charge >= 0.3 is 0 Å². The van der Waals surface area contributed by atoms with Crippen LogP contribution >= 0.6 is 0 Å². The maximum Gasteiger partial charge on any atom is 0.0700 e. The molecule has 0 amide bonds. The lowest BCUT2D eigenvalue weighted by atomic mass is 10.1. The van der Waals surface area contributed by atoms with Gasteiger partial charge in [-0.25, -0.2) is 0 Å². The molecule has 3 rings (SSSR count). The van der Waals surface area contributed by atoms with Crippen LogP contribution in [0.15, 0.2) is 60.8 Å². The van der Waals surface area contributed by atoms with Gasteiger partial charge in [-0.15, -0.1) is 0 Å². The minimum Gasteiger partial charge on any atom is -0.381 e. The van der Waals surface area contributed by atoms with Crippen molar-refractivity contribution in [2.24, 2.45) is 0 Å². The van der Waals surface area contributed by atoms with Gasteiger partial charge in [0.15, 0.2) is 0 Å².